The monoisotopic (exact) mass is 231 g/mol. The maximum absolute atomic E-state index is 11.8. The molecule has 0 radical (unpaired) electrons. The molecule has 1 aromatic carbocycles. The summed E-state index contributed by atoms with van der Waals surface area (Å²) in [6.45, 7) is 1.20. The smallest absolute Gasteiger partial charge is 0.246 e. The summed E-state index contributed by atoms with van der Waals surface area (Å²) >= 11 is 0. The molecular formula is C14H17NO2. The van der Waals surface area contributed by atoms with Gasteiger partial charge in [0, 0.05) is 19.2 Å². The van der Waals surface area contributed by atoms with Crippen LogP contribution < -0.4 is 0 Å². The van der Waals surface area contributed by atoms with Gasteiger partial charge < -0.3 is 10.0 Å². The number of hydrogen-bond donors (Lipinski definition) is 1. The normalized spacial score (nSPS) is 20.8. The number of rotatable bonds is 2. The van der Waals surface area contributed by atoms with E-state index in [4.69, 9.17) is 0 Å². The van der Waals surface area contributed by atoms with E-state index in [9.17, 15) is 9.90 Å². The van der Waals surface area contributed by atoms with Gasteiger partial charge in [0.05, 0.1) is 6.10 Å². The molecule has 1 aliphatic heterocycles. The molecule has 1 saturated heterocycles. The third kappa shape index (κ3) is 3.43. The lowest BCUT2D eigenvalue weighted by Gasteiger charge is -2.29. The summed E-state index contributed by atoms with van der Waals surface area (Å²) in [5.41, 5.74) is 1.01. The van der Waals surface area contributed by atoms with Gasteiger partial charge in [-0.25, -0.2) is 0 Å². The Kier molecular flexibility index (Phi) is 3.94. The number of nitrogens with zero attached hydrogens (tertiary/aromatic N) is 1. The first kappa shape index (κ1) is 11.9. The average Bonchev–Trinajstić information content (AvgIpc) is 2.37. The van der Waals surface area contributed by atoms with E-state index in [1.807, 2.05) is 36.4 Å². The number of hydrogen-bond acceptors (Lipinski definition) is 2. The van der Waals surface area contributed by atoms with Crippen molar-refractivity contribution in [1.29, 1.82) is 0 Å². The topological polar surface area (TPSA) is 40.5 Å². The largest absolute Gasteiger partial charge is 0.391 e. The Bertz CT molecular complexity index is 400. The van der Waals surface area contributed by atoms with Crippen molar-refractivity contribution in [2.24, 2.45) is 0 Å². The number of aliphatic hydroxyl groups is 1. The van der Waals surface area contributed by atoms with Crippen LogP contribution in [0.2, 0.25) is 0 Å². The van der Waals surface area contributed by atoms with Crippen molar-refractivity contribution in [2.45, 2.75) is 18.9 Å². The second kappa shape index (κ2) is 5.64. The highest BCUT2D eigenvalue weighted by atomic mass is 16.3. The van der Waals surface area contributed by atoms with Crippen molar-refractivity contribution in [1.82, 2.24) is 4.90 Å². The molecule has 90 valence electrons. The molecule has 0 bridgehead atoms. The van der Waals surface area contributed by atoms with E-state index in [0.717, 1.165) is 24.9 Å². The van der Waals surface area contributed by atoms with Crippen LogP contribution >= 0.6 is 0 Å². The molecule has 0 saturated carbocycles. The molecule has 0 unspecified atom stereocenters. The zero-order chi connectivity index (χ0) is 12.1. The van der Waals surface area contributed by atoms with Gasteiger partial charge >= 0.3 is 0 Å². The lowest BCUT2D eigenvalue weighted by atomic mass is 10.1. The van der Waals surface area contributed by atoms with Crippen LogP contribution in [0.3, 0.4) is 0 Å². The fraction of sp³-hybridized carbons (Fsp3) is 0.357. The van der Waals surface area contributed by atoms with E-state index in [2.05, 4.69) is 0 Å². The molecule has 3 nitrogen and oxygen atoms in total. The molecule has 0 aromatic heterocycles. The van der Waals surface area contributed by atoms with Crippen LogP contribution in [0.25, 0.3) is 6.08 Å². The summed E-state index contributed by atoms with van der Waals surface area (Å²) in [6, 6.07) is 9.73. The van der Waals surface area contributed by atoms with Gasteiger partial charge in [0.25, 0.3) is 0 Å². The average molecular weight is 231 g/mol. The third-order valence-corrected chi connectivity index (χ3v) is 2.93. The maximum Gasteiger partial charge on any atom is 0.246 e. The number of amides is 1. The molecule has 1 heterocycles. The minimum Gasteiger partial charge on any atom is -0.391 e. The van der Waals surface area contributed by atoms with Crippen molar-refractivity contribution in [3.8, 4) is 0 Å². The standard InChI is InChI=1S/C14H17NO2/c16-13-7-4-10-15(11-13)14(17)9-8-12-5-2-1-3-6-12/h1-3,5-6,8-9,13,16H,4,7,10-11H2/b9-8+/t13-/m0/s1. The fourth-order valence-electron chi connectivity index (χ4n) is 1.99. The van der Waals surface area contributed by atoms with Gasteiger partial charge in [-0.2, -0.15) is 0 Å². The van der Waals surface area contributed by atoms with Crippen LogP contribution in [0.4, 0.5) is 0 Å². The van der Waals surface area contributed by atoms with Gasteiger partial charge in [0.15, 0.2) is 0 Å². The van der Waals surface area contributed by atoms with Gasteiger partial charge in [-0.15, -0.1) is 0 Å². The summed E-state index contributed by atoms with van der Waals surface area (Å²) in [5.74, 6) is -0.0207. The van der Waals surface area contributed by atoms with Crippen LogP contribution in [0.15, 0.2) is 36.4 Å². The van der Waals surface area contributed by atoms with Gasteiger partial charge in [-0.3, -0.25) is 4.79 Å². The van der Waals surface area contributed by atoms with Crippen molar-refractivity contribution in [3.63, 3.8) is 0 Å². The number of likely N-dealkylation sites (tertiary alicyclic amines) is 1. The Balaban J connectivity index is 1.94. The van der Waals surface area contributed by atoms with Gasteiger partial charge in [0.2, 0.25) is 5.91 Å². The number of aliphatic hydroxyl groups excluding tert-OH is 1. The van der Waals surface area contributed by atoms with E-state index < -0.39 is 0 Å². The molecule has 0 spiro atoms. The van der Waals surface area contributed by atoms with Crippen LogP contribution in [0.1, 0.15) is 18.4 Å². The lowest BCUT2D eigenvalue weighted by molar-refractivity contribution is -0.128. The molecule has 1 aliphatic rings. The van der Waals surface area contributed by atoms with E-state index in [1.165, 1.54) is 0 Å². The molecule has 2 rings (SSSR count). The van der Waals surface area contributed by atoms with Crippen molar-refractivity contribution in [3.05, 3.63) is 42.0 Å². The van der Waals surface area contributed by atoms with Crippen LogP contribution in [-0.4, -0.2) is 35.1 Å². The number of benzene rings is 1. The minimum absolute atomic E-state index is 0.0207. The Morgan fingerprint density at radius 2 is 2.12 bits per heavy atom. The Labute approximate surface area is 101 Å². The number of piperidine rings is 1. The minimum atomic E-state index is -0.363. The zero-order valence-electron chi connectivity index (χ0n) is 9.75. The number of β-amino-alcohol motifs (C(OH)–C–C–N with tert-alkyl or cyclic N) is 1. The SMILES string of the molecule is O=C(/C=C/c1ccccc1)N1CCC[C@H](O)C1. The van der Waals surface area contributed by atoms with Crippen molar-refractivity contribution in [2.75, 3.05) is 13.1 Å². The molecule has 1 N–H and O–H groups in total. The fourth-order valence-corrected chi connectivity index (χ4v) is 1.99. The Morgan fingerprint density at radius 3 is 2.82 bits per heavy atom. The van der Waals surface area contributed by atoms with Gasteiger partial charge in [0.1, 0.15) is 0 Å². The zero-order valence-corrected chi connectivity index (χ0v) is 9.75. The van der Waals surface area contributed by atoms with Crippen molar-refractivity contribution < 1.29 is 9.90 Å². The van der Waals surface area contributed by atoms with E-state index in [-0.39, 0.29) is 12.0 Å². The highest BCUT2D eigenvalue weighted by Gasteiger charge is 2.20. The quantitative estimate of drug-likeness (QED) is 0.787. The summed E-state index contributed by atoms with van der Waals surface area (Å²) in [7, 11) is 0. The summed E-state index contributed by atoms with van der Waals surface area (Å²) in [6.07, 6.45) is 4.70. The van der Waals surface area contributed by atoms with E-state index in [1.54, 1.807) is 11.0 Å². The molecular weight excluding hydrogens is 214 g/mol. The Hall–Kier alpha value is -1.61. The van der Waals surface area contributed by atoms with Crippen LogP contribution in [-0.2, 0) is 4.79 Å². The van der Waals surface area contributed by atoms with E-state index >= 15 is 0 Å². The third-order valence-electron chi connectivity index (χ3n) is 2.93. The van der Waals surface area contributed by atoms with Crippen molar-refractivity contribution >= 4 is 12.0 Å². The first-order valence-corrected chi connectivity index (χ1v) is 5.96. The maximum atomic E-state index is 11.8. The second-order valence-corrected chi connectivity index (χ2v) is 4.32. The molecule has 1 atom stereocenters. The van der Waals surface area contributed by atoms with Crippen LogP contribution in [0.5, 0.6) is 0 Å². The first-order chi connectivity index (χ1) is 8.25. The van der Waals surface area contributed by atoms with E-state index in [0.29, 0.717) is 6.54 Å². The highest BCUT2D eigenvalue weighted by Crippen LogP contribution is 2.10. The number of carbonyl (C=O) groups is 1. The molecule has 17 heavy (non-hydrogen) atoms. The highest BCUT2D eigenvalue weighted by molar-refractivity contribution is 5.91. The second-order valence-electron chi connectivity index (χ2n) is 4.32. The molecule has 1 fully saturated rings. The summed E-state index contributed by atoms with van der Waals surface area (Å²) in [4.78, 5) is 13.5. The molecule has 0 aliphatic carbocycles. The summed E-state index contributed by atoms with van der Waals surface area (Å²) in [5, 5.41) is 9.50. The molecule has 1 amide bonds. The lowest BCUT2D eigenvalue weighted by Crippen LogP contribution is -2.41. The van der Waals surface area contributed by atoms with Gasteiger partial charge in [-0.05, 0) is 24.5 Å². The number of carbonyl (C=O) groups excluding carboxylic acids is 1. The van der Waals surface area contributed by atoms with Crippen LogP contribution in [0, 0.1) is 0 Å². The van der Waals surface area contributed by atoms with Gasteiger partial charge in [-0.1, -0.05) is 30.3 Å². The summed E-state index contributed by atoms with van der Waals surface area (Å²) < 4.78 is 0. The molecule has 1 aromatic rings. The predicted octanol–water partition coefficient (Wildman–Crippen LogP) is 1.68. The predicted molar refractivity (Wildman–Crippen MR) is 67.3 cm³/mol. The Morgan fingerprint density at radius 1 is 1.35 bits per heavy atom. The molecule has 3 heteroatoms. The first-order valence-electron chi connectivity index (χ1n) is 5.96.